The zero-order valence-electron chi connectivity index (χ0n) is 15.2. The first-order valence-electron chi connectivity index (χ1n) is 8.66. The first kappa shape index (κ1) is 18.9. The van der Waals surface area contributed by atoms with Gasteiger partial charge in [-0.05, 0) is 36.8 Å². The van der Waals surface area contributed by atoms with Gasteiger partial charge in [0.1, 0.15) is 17.3 Å². The van der Waals surface area contributed by atoms with Gasteiger partial charge < -0.3 is 14.7 Å². The number of halogens is 1. The first-order chi connectivity index (χ1) is 13.9. The van der Waals surface area contributed by atoms with E-state index in [0.717, 1.165) is 9.37 Å². The van der Waals surface area contributed by atoms with Crippen molar-refractivity contribution in [1.29, 1.82) is 0 Å². The maximum Gasteiger partial charge on any atom is 0.301 e. The number of Topliss-reactive ketones (excluding diaryl/α,β-unsaturated/α-hetero) is 1. The van der Waals surface area contributed by atoms with Crippen molar-refractivity contribution in [2.45, 2.75) is 13.0 Å². The molecule has 1 aliphatic heterocycles. The van der Waals surface area contributed by atoms with E-state index in [1.165, 1.54) is 18.2 Å². The van der Waals surface area contributed by atoms with Crippen LogP contribution in [-0.2, 0) is 9.59 Å². The van der Waals surface area contributed by atoms with Crippen LogP contribution in [0.2, 0.25) is 0 Å². The number of hydrogen-bond acceptors (Lipinski definition) is 6. The van der Waals surface area contributed by atoms with Crippen LogP contribution in [0.1, 0.15) is 22.9 Å². The number of carbonyl (C=O) groups excluding carboxylic acids is 2. The van der Waals surface area contributed by atoms with Crippen molar-refractivity contribution in [3.8, 4) is 5.75 Å². The number of carbonyl (C=O) groups is 2. The number of aliphatic hydroxyl groups is 1. The third-order valence-electron chi connectivity index (χ3n) is 4.61. The first-order valence-corrected chi connectivity index (χ1v) is 9.45. The second kappa shape index (κ2) is 7.21. The summed E-state index contributed by atoms with van der Waals surface area (Å²) in [7, 11) is 0. The molecule has 0 radical (unpaired) electrons. The minimum Gasteiger partial charge on any atom is -0.508 e. The van der Waals surface area contributed by atoms with Crippen LogP contribution in [-0.4, -0.2) is 27.1 Å². The molecule has 29 heavy (non-hydrogen) atoms. The highest BCUT2D eigenvalue weighted by molar-refractivity contribution is 9.10. The Kier molecular flexibility index (Phi) is 4.71. The Morgan fingerprint density at radius 1 is 1.14 bits per heavy atom. The van der Waals surface area contributed by atoms with E-state index in [0.29, 0.717) is 16.9 Å². The van der Waals surface area contributed by atoms with E-state index in [1.54, 1.807) is 43.3 Å². The van der Waals surface area contributed by atoms with Crippen molar-refractivity contribution in [2.75, 3.05) is 4.90 Å². The molecular formula is C21H15BrN2O5. The number of benzene rings is 2. The maximum absolute atomic E-state index is 12.9. The van der Waals surface area contributed by atoms with E-state index in [4.69, 9.17) is 4.52 Å². The predicted octanol–water partition coefficient (Wildman–Crippen LogP) is 4.08. The minimum atomic E-state index is -0.977. The molecule has 0 unspecified atom stereocenters. The average molecular weight is 455 g/mol. The molecule has 0 saturated carbocycles. The standard InChI is InChI=1S/C21H15BrN2O5/c1-11-9-16(23-29-11)24-18(13-3-2-4-15(25)10-13)17(20(27)21(24)28)19(26)12-5-7-14(22)8-6-12/h2-10,18,25-26H,1H3/b19-17+/t18-/m0/s1. The molecule has 1 fully saturated rings. The number of nitrogens with zero attached hydrogens (tertiary/aromatic N) is 2. The summed E-state index contributed by atoms with van der Waals surface area (Å²) in [5.74, 6) is -1.43. The van der Waals surface area contributed by atoms with Crippen LogP contribution in [0.5, 0.6) is 5.75 Å². The van der Waals surface area contributed by atoms with Gasteiger partial charge in [-0.15, -0.1) is 0 Å². The van der Waals surface area contributed by atoms with Gasteiger partial charge in [0.15, 0.2) is 5.82 Å². The second-order valence-electron chi connectivity index (χ2n) is 6.57. The highest BCUT2D eigenvalue weighted by Crippen LogP contribution is 2.42. The van der Waals surface area contributed by atoms with Crippen molar-refractivity contribution < 1.29 is 24.3 Å². The van der Waals surface area contributed by atoms with E-state index >= 15 is 0 Å². The van der Waals surface area contributed by atoms with Crippen molar-refractivity contribution in [1.82, 2.24) is 5.16 Å². The van der Waals surface area contributed by atoms with E-state index in [-0.39, 0.29) is 22.9 Å². The van der Waals surface area contributed by atoms with Crippen LogP contribution in [0.4, 0.5) is 5.82 Å². The fourth-order valence-corrected chi connectivity index (χ4v) is 3.57. The lowest BCUT2D eigenvalue weighted by Gasteiger charge is -2.22. The van der Waals surface area contributed by atoms with Gasteiger partial charge in [0, 0.05) is 16.1 Å². The SMILES string of the molecule is Cc1cc(N2C(=O)C(=O)/C(=C(/O)c3ccc(Br)cc3)[C@@H]2c2cccc(O)c2)no1. The lowest BCUT2D eigenvalue weighted by molar-refractivity contribution is -0.132. The zero-order chi connectivity index (χ0) is 20.7. The number of phenols is 1. The summed E-state index contributed by atoms with van der Waals surface area (Å²) in [5, 5.41) is 24.7. The highest BCUT2D eigenvalue weighted by atomic mass is 79.9. The quantitative estimate of drug-likeness (QED) is 0.351. The molecule has 7 nitrogen and oxygen atoms in total. The van der Waals surface area contributed by atoms with Gasteiger partial charge in [-0.25, -0.2) is 0 Å². The van der Waals surface area contributed by atoms with Gasteiger partial charge in [-0.1, -0.05) is 45.4 Å². The Hall–Kier alpha value is -3.39. The van der Waals surface area contributed by atoms with E-state index in [9.17, 15) is 19.8 Å². The molecule has 0 aliphatic carbocycles. The predicted molar refractivity (Wildman–Crippen MR) is 108 cm³/mol. The summed E-state index contributed by atoms with van der Waals surface area (Å²) in [6.45, 7) is 1.66. The normalized spacial score (nSPS) is 18.4. The third-order valence-corrected chi connectivity index (χ3v) is 5.14. The summed E-state index contributed by atoms with van der Waals surface area (Å²) < 4.78 is 5.88. The van der Waals surface area contributed by atoms with E-state index in [2.05, 4.69) is 21.1 Å². The second-order valence-corrected chi connectivity index (χ2v) is 7.48. The number of ketones is 1. The molecular weight excluding hydrogens is 440 g/mol. The van der Waals surface area contributed by atoms with Gasteiger partial charge in [0.05, 0.1) is 11.6 Å². The number of rotatable bonds is 3. The van der Waals surface area contributed by atoms with E-state index in [1.807, 2.05) is 0 Å². The molecule has 1 saturated heterocycles. The smallest absolute Gasteiger partial charge is 0.301 e. The molecule has 0 bridgehead atoms. The highest BCUT2D eigenvalue weighted by Gasteiger charge is 2.48. The molecule has 4 rings (SSSR count). The summed E-state index contributed by atoms with van der Waals surface area (Å²) in [6, 6.07) is 13.4. The van der Waals surface area contributed by atoms with Gasteiger partial charge in [-0.2, -0.15) is 0 Å². The summed E-state index contributed by atoms with van der Waals surface area (Å²) >= 11 is 3.33. The molecule has 8 heteroatoms. The molecule has 1 atom stereocenters. The Bertz CT molecular complexity index is 1150. The van der Waals surface area contributed by atoms with Crippen LogP contribution >= 0.6 is 15.9 Å². The number of anilines is 1. The van der Waals surface area contributed by atoms with Crippen molar-refractivity contribution in [3.63, 3.8) is 0 Å². The van der Waals surface area contributed by atoms with Crippen LogP contribution in [0.3, 0.4) is 0 Å². The van der Waals surface area contributed by atoms with Crippen LogP contribution in [0.15, 0.2) is 69.2 Å². The minimum absolute atomic E-state index is 0.0342. The number of hydrogen-bond donors (Lipinski definition) is 2. The molecule has 0 spiro atoms. The number of aliphatic hydroxyl groups excluding tert-OH is 1. The number of aromatic hydroxyl groups is 1. The molecule has 1 amide bonds. The lowest BCUT2D eigenvalue weighted by atomic mass is 9.95. The lowest BCUT2D eigenvalue weighted by Crippen LogP contribution is -2.29. The number of phenolic OH excluding ortho intramolecular Hbond substituents is 1. The van der Waals surface area contributed by atoms with Gasteiger partial charge >= 0.3 is 5.91 Å². The molecule has 1 aliphatic rings. The molecule has 2 aromatic carbocycles. The Labute approximate surface area is 174 Å². The average Bonchev–Trinajstić information content (AvgIpc) is 3.23. The van der Waals surface area contributed by atoms with E-state index < -0.39 is 17.7 Å². The Morgan fingerprint density at radius 3 is 2.48 bits per heavy atom. The number of aryl methyl sites for hydroxylation is 1. The molecule has 1 aromatic heterocycles. The zero-order valence-corrected chi connectivity index (χ0v) is 16.8. The largest absolute Gasteiger partial charge is 0.508 e. The maximum atomic E-state index is 12.9. The fourth-order valence-electron chi connectivity index (χ4n) is 3.31. The molecule has 3 aromatic rings. The Morgan fingerprint density at radius 2 is 1.86 bits per heavy atom. The van der Waals surface area contributed by atoms with Gasteiger partial charge in [-0.3, -0.25) is 14.5 Å². The third kappa shape index (κ3) is 3.31. The Balaban J connectivity index is 1.95. The fraction of sp³-hybridized carbons (Fsp3) is 0.0952. The van der Waals surface area contributed by atoms with Crippen LogP contribution < -0.4 is 4.90 Å². The molecule has 2 heterocycles. The van der Waals surface area contributed by atoms with Crippen LogP contribution in [0, 0.1) is 6.92 Å². The number of aromatic nitrogens is 1. The monoisotopic (exact) mass is 454 g/mol. The topological polar surface area (TPSA) is 104 Å². The van der Waals surface area contributed by atoms with Gasteiger partial charge in [0.25, 0.3) is 5.78 Å². The van der Waals surface area contributed by atoms with Crippen molar-refractivity contribution in [3.05, 3.63) is 81.5 Å². The summed E-state index contributed by atoms with van der Waals surface area (Å²) in [5.41, 5.74) is 0.736. The summed E-state index contributed by atoms with van der Waals surface area (Å²) in [6.07, 6.45) is 0. The number of amides is 1. The van der Waals surface area contributed by atoms with Crippen molar-refractivity contribution >= 4 is 39.2 Å². The molecule has 146 valence electrons. The molecule has 2 N–H and O–H groups in total. The summed E-state index contributed by atoms with van der Waals surface area (Å²) in [4.78, 5) is 26.9. The van der Waals surface area contributed by atoms with Crippen molar-refractivity contribution in [2.24, 2.45) is 0 Å². The van der Waals surface area contributed by atoms with Gasteiger partial charge in [0.2, 0.25) is 0 Å². The van der Waals surface area contributed by atoms with Crippen LogP contribution in [0.25, 0.3) is 5.76 Å².